The van der Waals surface area contributed by atoms with Gasteiger partial charge in [0.15, 0.2) is 5.65 Å². The van der Waals surface area contributed by atoms with E-state index in [2.05, 4.69) is 25.6 Å². The fourth-order valence-electron chi connectivity index (χ4n) is 3.05. The lowest BCUT2D eigenvalue weighted by Crippen LogP contribution is -2.22. The number of H-pyrrole nitrogens is 1. The molecule has 0 atom stereocenters. The molecule has 0 aliphatic heterocycles. The van der Waals surface area contributed by atoms with Crippen LogP contribution in [0.15, 0.2) is 23.7 Å². The van der Waals surface area contributed by atoms with Crippen molar-refractivity contribution in [2.75, 3.05) is 13.6 Å². The number of aromatic amines is 1. The first-order valence-corrected chi connectivity index (χ1v) is 8.27. The van der Waals surface area contributed by atoms with Crippen LogP contribution in [0.25, 0.3) is 11.2 Å². The molecule has 0 saturated heterocycles. The molecule has 1 aliphatic carbocycles. The van der Waals surface area contributed by atoms with Gasteiger partial charge in [-0.1, -0.05) is 0 Å². The van der Waals surface area contributed by atoms with Crippen LogP contribution in [0.5, 0.6) is 0 Å². The van der Waals surface area contributed by atoms with Gasteiger partial charge in [0.2, 0.25) is 0 Å². The molecule has 3 rings (SSSR count). The predicted molar refractivity (Wildman–Crippen MR) is 93.3 cm³/mol. The van der Waals surface area contributed by atoms with Crippen molar-refractivity contribution < 1.29 is 4.79 Å². The van der Waals surface area contributed by atoms with Crippen LogP contribution in [0, 0.1) is 5.41 Å². The molecular weight excluding hydrogens is 304 g/mol. The molecule has 126 valence electrons. The van der Waals surface area contributed by atoms with Crippen LogP contribution in [0.1, 0.15) is 48.7 Å². The van der Waals surface area contributed by atoms with Crippen molar-refractivity contribution in [2.24, 2.45) is 0 Å². The molecule has 1 aliphatic rings. The van der Waals surface area contributed by atoms with Crippen molar-refractivity contribution in [1.82, 2.24) is 25.6 Å². The highest BCUT2D eigenvalue weighted by atomic mass is 16.1. The lowest BCUT2D eigenvalue weighted by atomic mass is 9.92. The predicted octanol–water partition coefficient (Wildman–Crippen LogP) is 2.12. The summed E-state index contributed by atoms with van der Waals surface area (Å²) in [5.41, 5.74) is 4.50. The Morgan fingerprint density at radius 3 is 2.92 bits per heavy atom. The van der Waals surface area contributed by atoms with Gasteiger partial charge in [0.25, 0.3) is 5.91 Å². The highest BCUT2D eigenvalue weighted by molar-refractivity contribution is 6.11. The molecule has 1 amide bonds. The van der Waals surface area contributed by atoms with Gasteiger partial charge in [-0.05, 0) is 38.2 Å². The Bertz CT molecular complexity index is 820. The van der Waals surface area contributed by atoms with Crippen LogP contribution in [-0.2, 0) is 0 Å². The SMILES string of the molecule is CCNC(=O)c1c[nH]c2ncc(C(=N)C3=C(NC)CCCC3)nc12. The number of hydrogen-bond donors (Lipinski definition) is 4. The number of hydrogen-bond acceptors (Lipinski definition) is 5. The second-order valence-electron chi connectivity index (χ2n) is 5.80. The molecule has 0 aromatic carbocycles. The zero-order chi connectivity index (χ0) is 17.1. The van der Waals surface area contributed by atoms with Crippen LogP contribution in [-0.4, -0.2) is 40.2 Å². The zero-order valence-corrected chi connectivity index (χ0v) is 14.0. The summed E-state index contributed by atoms with van der Waals surface area (Å²) in [6, 6.07) is 0. The maximum atomic E-state index is 12.1. The first kappa shape index (κ1) is 16.2. The topological polar surface area (TPSA) is 107 Å². The van der Waals surface area contributed by atoms with E-state index >= 15 is 0 Å². The molecule has 24 heavy (non-hydrogen) atoms. The maximum absolute atomic E-state index is 12.1. The first-order valence-electron chi connectivity index (χ1n) is 8.27. The Balaban J connectivity index is 2.01. The Hall–Kier alpha value is -2.70. The maximum Gasteiger partial charge on any atom is 0.255 e. The van der Waals surface area contributed by atoms with Crippen molar-refractivity contribution in [3.8, 4) is 0 Å². The van der Waals surface area contributed by atoms with Gasteiger partial charge in [0.05, 0.1) is 17.5 Å². The Morgan fingerprint density at radius 2 is 2.17 bits per heavy atom. The molecule has 2 aromatic rings. The smallest absolute Gasteiger partial charge is 0.255 e. The summed E-state index contributed by atoms with van der Waals surface area (Å²) in [5, 5.41) is 14.5. The van der Waals surface area contributed by atoms with Gasteiger partial charge < -0.3 is 15.6 Å². The summed E-state index contributed by atoms with van der Waals surface area (Å²) in [4.78, 5) is 24.0. The summed E-state index contributed by atoms with van der Waals surface area (Å²) in [7, 11) is 1.89. The van der Waals surface area contributed by atoms with Crippen LogP contribution >= 0.6 is 0 Å². The minimum atomic E-state index is -0.186. The highest BCUT2D eigenvalue weighted by Gasteiger charge is 2.20. The Labute approximate surface area is 140 Å². The molecule has 0 saturated carbocycles. The zero-order valence-electron chi connectivity index (χ0n) is 14.0. The van der Waals surface area contributed by atoms with Crippen LogP contribution < -0.4 is 10.6 Å². The molecule has 7 nitrogen and oxygen atoms in total. The van der Waals surface area contributed by atoms with E-state index in [9.17, 15) is 4.79 Å². The number of nitrogens with one attached hydrogen (secondary N) is 4. The minimum Gasteiger partial charge on any atom is -0.391 e. The van der Waals surface area contributed by atoms with Gasteiger partial charge in [0, 0.05) is 25.5 Å². The van der Waals surface area contributed by atoms with E-state index in [4.69, 9.17) is 5.41 Å². The lowest BCUT2D eigenvalue weighted by Gasteiger charge is -2.20. The quantitative estimate of drug-likeness (QED) is 0.631. The average Bonchev–Trinajstić information content (AvgIpc) is 3.04. The van der Waals surface area contributed by atoms with E-state index in [1.165, 1.54) is 0 Å². The monoisotopic (exact) mass is 326 g/mol. The third kappa shape index (κ3) is 2.89. The van der Waals surface area contributed by atoms with Crippen molar-refractivity contribution in [2.45, 2.75) is 32.6 Å². The number of nitrogens with zero attached hydrogens (tertiary/aromatic N) is 2. The number of aromatic nitrogens is 3. The summed E-state index contributed by atoms with van der Waals surface area (Å²) in [6.07, 6.45) is 7.24. The van der Waals surface area contributed by atoms with Crippen molar-refractivity contribution >= 4 is 22.8 Å². The van der Waals surface area contributed by atoms with E-state index in [0.717, 1.165) is 37.0 Å². The van der Waals surface area contributed by atoms with Crippen LogP contribution in [0.2, 0.25) is 0 Å². The fourth-order valence-corrected chi connectivity index (χ4v) is 3.05. The second kappa shape index (κ2) is 6.82. The Kier molecular flexibility index (Phi) is 4.59. The first-order chi connectivity index (χ1) is 11.7. The Morgan fingerprint density at radius 1 is 1.38 bits per heavy atom. The molecule has 0 bridgehead atoms. The molecule has 2 aromatic heterocycles. The van der Waals surface area contributed by atoms with Gasteiger partial charge in [-0.2, -0.15) is 0 Å². The third-order valence-electron chi connectivity index (χ3n) is 4.29. The largest absolute Gasteiger partial charge is 0.391 e. The minimum absolute atomic E-state index is 0.186. The summed E-state index contributed by atoms with van der Waals surface area (Å²) < 4.78 is 0. The lowest BCUT2D eigenvalue weighted by molar-refractivity contribution is 0.0957. The number of allylic oxidation sites excluding steroid dienone is 2. The number of fused-ring (bicyclic) bond motifs is 1. The fraction of sp³-hybridized carbons (Fsp3) is 0.412. The molecule has 2 heterocycles. The molecular formula is C17H22N6O. The van der Waals surface area contributed by atoms with E-state index in [-0.39, 0.29) is 5.91 Å². The number of rotatable bonds is 5. The summed E-state index contributed by atoms with van der Waals surface area (Å²) in [6.45, 7) is 2.42. The molecule has 0 fully saturated rings. The molecule has 4 N–H and O–H groups in total. The van der Waals surface area contributed by atoms with Gasteiger partial charge in [-0.25, -0.2) is 9.97 Å². The van der Waals surface area contributed by atoms with Crippen LogP contribution in [0.3, 0.4) is 0 Å². The van der Waals surface area contributed by atoms with E-state index in [1.807, 2.05) is 14.0 Å². The normalized spacial score (nSPS) is 14.8. The molecule has 0 spiro atoms. The summed E-state index contributed by atoms with van der Waals surface area (Å²) in [5.74, 6) is -0.186. The van der Waals surface area contributed by atoms with Crippen molar-refractivity contribution in [3.05, 3.63) is 34.9 Å². The van der Waals surface area contributed by atoms with Crippen molar-refractivity contribution in [3.63, 3.8) is 0 Å². The van der Waals surface area contributed by atoms with Gasteiger partial charge >= 0.3 is 0 Å². The van der Waals surface area contributed by atoms with E-state index < -0.39 is 0 Å². The van der Waals surface area contributed by atoms with Crippen molar-refractivity contribution in [1.29, 1.82) is 5.41 Å². The molecule has 7 heteroatoms. The third-order valence-corrected chi connectivity index (χ3v) is 4.29. The van der Waals surface area contributed by atoms with E-state index in [1.54, 1.807) is 12.4 Å². The number of amides is 1. The number of carbonyl (C=O) groups excluding carboxylic acids is 1. The van der Waals surface area contributed by atoms with Crippen LogP contribution in [0.4, 0.5) is 0 Å². The standard InChI is InChI=1S/C17H22N6O/c1-3-20-17(24)11-8-21-16-15(11)23-13(9-22-16)14(18)10-6-4-5-7-12(10)19-2/h8-9,18-19H,3-7H2,1-2H3,(H,20,24)(H,21,22). The van der Waals surface area contributed by atoms with Gasteiger partial charge in [-0.3, -0.25) is 10.2 Å². The van der Waals surface area contributed by atoms with Gasteiger partial charge in [-0.15, -0.1) is 0 Å². The van der Waals surface area contributed by atoms with Gasteiger partial charge in [0.1, 0.15) is 11.2 Å². The molecule has 0 radical (unpaired) electrons. The van der Waals surface area contributed by atoms with E-state index in [0.29, 0.717) is 34.7 Å². The molecule has 0 unspecified atom stereocenters. The number of carbonyl (C=O) groups is 1. The second-order valence-corrected chi connectivity index (χ2v) is 5.80. The summed E-state index contributed by atoms with van der Waals surface area (Å²) >= 11 is 0. The highest BCUT2D eigenvalue weighted by Crippen LogP contribution is 2.26. The average molecular weight is 326 g/mol.